The first-order chi connectivity index (χ1) is 16.4. The first-order valence-electron chi connectivity index (χ1n) is 11.1. The van der Waals surface area contributed by atoms with E-state index in [4.69, 9.17) is 14.8 Å². The maximum absolute atomic E-state index is 13.3. The average Bonchev–Trinajstić information content (AvgIpc) is 2.76. The molecule has 0 heterocycles. The second-order valence-corrected chi connectivity index (χ2v) is 10.4. The number of nitrogens with zero attached hydrogens (tertiary/aromatic N) is 1. The molecule has 11 heteroatoms. The number of aromatic hydroxyl groups is 1. The number of phenols is 1. The molecular weight excluding hydrogens is 474 g/mol. The van der Waals surface area contributed by atoms with Gasteiger partial charge in [-0.3, -0.25) is 14.9 Å². The Labute approximate surface area is 206 Å². The normalized spacial score (nSPS) is 12.7. The van der Waals surface area contributed by atoms with Gasteiger partial charge in [0.05, 0.1) is 19.1 Å². The van der Waals surface area contributed by atoms with Crippen LogP contribution in [0.25, 0.3) is 0 Å². The molecule has 0 unspecified atom stereocenters. The highest BCUT2D eigenvalue weighted by molar-refractivity contribution is 7.85. The topological polar surface area (TPSA) is 148 Å². The van der Waals surface area contributed by atoms with Gasteiger partial charge < -0.3 is 15.6 Å². The number of esters is 1. The second-order valence-electron chi connectivity index (χ2n) is 8.88. The van der Waals surface area contributed by atoms with Crippen molar-refractivity contribution in [2.75, 3.05) is 19.6 Å². The van der Waals surface area contributed by atoms with Crippen molar-refractivity contribution >= 4 is 22.0 Å². The monoisotopic (exact) mass is 507 g/mol. The average molecular weight is 508 g/mol. The van der Waals surface area contributed by atoms with Crippen molar-refractivity contribution in [1.82, 2.24) is 10.4 Å². The van der Waals surface area contributed by atoms with Gasteiger partial charge in [0.25, 0.3) is 16.0 Å². The summed E-state index contributed by atoms with van der Waals surface area (Å²) in [4.78, 5) is 25.6. The zero-order chi connectivity index (χ0) is 26.1. The van der Waals surface area contributed by atoms with Crippen molar-refractivity contribution in [2.45, 2.75) is 44.6 Å². The molecule has 35 heavy (non-hydrogen) atoms. The summed E-state index contributed by atoms with van der Waals surface area (Å²) >= 11 is 0. The van der Waals surface area contributed by atoms with Crippen LogP contribution in [0.1, 0.15) is 31.9 Å². The second kappa shape index (κ2) is 12.6. The molecule has 2 aromatic carbocycles. The van der Waals surface area contributed by atoms with Crippen LogP contribution in [-0.4, -0.2) is 61.7 Å². The van der Waals surface area contributed by atoms with Crippen molar-refractivity contribution in [1.29, 1.82) is 0 Å². The van der Waals surface area contributed by atoms with Gasteiger partial charge in [0.1, 0.15) is 17.1 Å². The fourth-order valence-electron chi connectivity index (χ4n) is 3.12. The Kier molecular flexibility index (Phi) is 10.2. The van der Waals surface area contributed by atoms with Gasteiger partial charge in [-0.15, -0.1) is 4.28 Å². The lowest BCUT2D eigenvalue weighted by molar-refractivity contribution is -0.159. The minimum atomic E-state index is -4.17. The third kappa shape index (κ3) is 10.4. The van der Waals surface area contributed by atoms with E-state index < -0.39 is 39.4 Å². The third-order valence-corrected chi connectivity index (χ3v) is 5.65. The molecule has 0 fully saturated rings. The van der Waals surface area contributed by atoms with Crippen molar-refractivity contribution in [3.63, 3.8) is 0 Å². The summed E-state index contributed by atoms with van der Waals surface area (Å²) in [6, 6.07) is 13.5. The van der Waals surface area contributed by atoms with Crippen molar-refractivity contribution < 1.29 is 32.1 Å². The SMILES string of the molecule is CC(C)(C)OC(=O)CN[C@@H](Cc1ccc(O)cc1)C(=O)N(CCN)OS(=O)(=O)Cc1ccccc1. The van der Waals surface area contributed by atoms with Crippen LogP contribution < -0.4 is 11.1 Å². The van der Waals surface area contributed by atoms with E-state index in [1.54, 1.807) is 63.2 Å². The highest BCUT2D eigenvalue weighted by Gasteiger charge is 2.30. The molecule has 192 valence electrons. The standard InChI is InChI=1S/C24H33N3O7S/c1-24(2,3)33-22(29)16-26-21(15-18-9-11-20(28)12-10-18)23(30)27(14-13-25)34-35(31,32)17-19-7-5-4-6-8-19/h4-12,21,26,28H,13-17,25H2,1-3H3/t21-/m0/s1. The Bertz CT molecular complexity index is 1070. The predicted molar refractivity (Wildman–Crippen MR) is 130 cm³/mol. The van der Waals surface area contributed by atoms with E-state index in [9.17, 15) is 23.1 Å². The minimum Gasteiger partial charge on any atom is -0.508 e. The fourth-order valence-corrected chi connectivity index (χ4v) is 4.19. The number of nitrogens with one attached hydrogen (secondary N) is 1. The number of hydroxylamine groups is 2. The molecule has 0 spiro atoms. The molecule has 10 nitrogen and oxygen atoms in total. The molecule has 0 bridgehead atoms. The molecule has 0 saturated heterocycles. The van der Waals surface area contributed by atoms with Crippen LogP contribution >= 0.6 is 0 Å². The van der Waals surface area contributed by atoms with Crippen LogP contribution in [0.4, 0.5) is 0 Å². The van der Waals surface area contributed by atoms with E-state index in [0.717, 1.165) is 0 Å². The minimum absolute atomic E-state index is 0.0510. The van der Waals surface area contributed by atoms with Gasteiger partial charge in [-0.1, -0.05) is 42.5 Å². The van der Waals surface area contributed by atoms with Crippen LogP contribution in [-0.2, 0) is 40.9 Å². The maximum atomic E-state index is 13.3. The van der Waals surface area contributed by atoms with E-state index in [2.05, 4.69) is 5.32 Å². The predicted octanol–water partition coefficient (Wildman–Crippen LogP) is 1.48. The largest absolute Gasteiger partial charge is 0.508 e. The number of carbonyl (C=O) groups excluding carboxylic acids is 2. The molecule has 2 rings (SSSR count). The van der Waals surface area contributed by atoms with Crippen molar-refractivity contribution in [2.24, 2.45) is 5.73 Å². The molecule has 0 saturated carbocycles. The molecule has 4 N–H and O–H groups in total. The number of nitrogens with two attached hydrogens (primary N) is 1. The number of amides is 1. The number of benzene rings is 2. The highest BCUT2D eigenvalue weighted by Crippen LogP contribution is 2.15. The number of carbonyl (C=O) groups is 2. The number of ether oxygens (including phenoxy) is 1. The molecule has 2 aromatic rings. The Morgan fingerprint density at radius 3 is 2.26 bits per heavy atom. The summed E-state index contributed by atoms with van der Waals surface area (Å²) in [6.45, 7) is 4.63. The van der Waals surface area contributed by atoms with E-state index >= 15 is 0 Å². The zero-order valence-electron chi connectivity index (χ0n) is 20.1. The van der Waals surface area contributed by atoms with E-state index in [-0.39, 0.29) is 31.8 Å². The lowest BCUT2D eigenvalue weighted by atomic mass is 10.0. The van der Waals surface area contributed by atoms with Gasteiger partial charge in [-0.05, 0) is 50.5 Å². The van der Waals surface area contributed by atoms with Gasteiger partial charge in [0.15, 0.2) is 0 Å². The lowest BCUT2D eigenvalue weighted by Gasteiger charge is -2.27. The number of hydrogen-bond acceptors (Lipinski definition) is 9. The molecular formula is C24H33N3O7S. The van der Waals surface area contributed by atoms with Crippen LogP contribution in [0.2, 0.25) is 0 Å². The van der Waals surface area contributed by atoms with Gasteiger partial charge >= 0.3 is 5.97 Å². The van der Waals surface area contributed by atoms with Crippen LogP contribution in [0.5, 0.6) is 5.75 Å². The smallest absolute Gasteiger partial charge is 0.320 e. The Balaban J connectivity index is 2.21. The summed E-state index contributed by atoms with van der Waals surface area (Å²) in [5, 5.41) is 13.1. The van der Waals surface area contributed by atoms with Crippen LogP contribution in [0.15, 0.2) is 54.6 Å². The maximum Gasteiger partial charge on any atom is 0.320 e. The Morgan fingerprint density at radius 2 is 1.69 bits per heavy atom. The number of hydrogen-bond donors (Lipinski definition) is 3. The van der Waals surface area contributed by atoms with E-state index in [1.165, 1.54) is 12.1 Å². The molecule has 1 amide bonds. The van der Waals surface area contributed by atoms with E-state index in [0.29, 0.717) is 16.2 Å². The van der Waals surface area contributed by atoms with Gasteiger partial charge in [-0.2, -0.15) is 8.42 Å². The summed E-state index contributed by atoms with van der Waals surface area (Å²) in [6.07, 6.45) is 0.0884. The summed E-state index contributed by atoms with van der Waals surface area (Å²) < 4.78 is 35.7. The van der Waals surface area contributed by atoms with Gasteiger partial charge in [0.2, 0.25) is 0 Å². The van der Waals surface area contributed by atoms with Crippen LogP contribution in [0.3, 0.4) is 0 Å². The molecule has 0 aliphatic rings. The quantitative estimate of drug-likeness (QED) is 0.287. The molecule has 0 aliphatic carbocycles. The molecule has 0 aliphatic heterocycles. The Hall–Kier alpha value is -2.99. The van der Waals surface area contributed by atoms with Gasteiger partial charge in [-0.25, -0.2) is 5.06 Å². The van der Waals surface area contributed by atoms with E-state index in [1.807, 2.05) is 0 Å². The van der Waals surface area contributed by atoms with Crippen LogP contribution in [0, 0.1) is 0 Å². The molecule has 1 atom stereocenters. The molecule has 0 aromatic heterocycles. The third-order valence-electron chi connectivity index (χ3n) is 4.55. The molecule has 0 radical (unpaired) electrons. The fraction of sp³-hybridized carbons (Fsp3) is 0.417. The summed E-state index contributed by atoms with van der Waals surface area (Å²) in [7, 11) is -4.17. The number of phenolic OH excluding ortho intramolecular Hbond substituents is 1. The Morgan fingerprint density at radius 1 is 1.06 bits per heavy atom. The number of rotatable bonds is 12. The summed E-state index contributed by atoms with van der Waals surface area (Å²) in [5.74, 6) is -1.68. The van der Waals surface area contributed by atoms with Crippen molar-refractivity contribution in [3.05, 3.63) is 65.7 Å². The zero-order valence-corrected chi connectivity index (χ0v) is 21.0. The lowest BCUT2D eigenvalue weighted by Crippen LogP contribution is -2.51. The first kappa shape index (κ1) is 28.2. The highest BCUT2D eigenvalue weighted by atomic mass is 32.2. The van der Waals surface area contributed by atoms with Crippen molar-refractivity contribution in [3.8, 4) is 5.75 Å². The summed E-state index contributed by atoms with van der Waals surface area (Å²) in [5.41, 5.74) is 6.06. The first-order valence-corrected chi connectivity index (χ1v) is 12.7. The van der Waals surface area contributed by atoms with Gasteiger partial charge in [0, 0.05) is 6.54 Å².